The minimum Gasteiger partial charge on any atom is -0.481 e. The summed E-state index contributed by atoms with van der Waals surface area (Å²) in [5.41, 5.74) is -0.662. The highest BCUT2D eigenvalue weighted by molar-refractivity contribution is 7.10. The SMILES string of the molecule is C[C@](C(=O)O)(c1cccs1)C1CCCC1. The Kier molecular flexibility index (Phi) is 2.83. The van der Waals surface area contributed by atoms with E-state index in [0.717, 1.165) is 17.7 Å². The number of carbonyl (C=O) groups is 1. The van der Waals surface area contributed by atoms with Crippen LogP contribution in [0.2, 0.25) is 0 Å². The first kappa shape index (κ1) is 10.7. The summed E-state index contributed by atoms with van der Waals surface area (Å²) in [6.07, 6.45) is 4.47. The van der Waals surface area contributed by atoms with Crippen LogP contribution in [0.15, 0.2) is 17.5 Å². The van der Waals surface area contributed by atoms with E-state index < -0.39 is 11.4 Å². The van der Waals surface area contributed by atoms with Crippen molar-refractivity contribution in [2.24, 2.45) is 5.92 Å². The number of rotatable bonds is 3. The number of aliphatic carboxylic acids is 1. The maximum Gasteiger partial charge on any atom is 0.314 e. The lowest BCUT2D eigenvalue weighted by atomic mass is 9.75. The third-order valence-electron chi connectivity index (χ3n) is 3.65. The molecule has 1 aliphatic rings. The predicted octanol–water partition coefficient (Wildman–Crippen LogP) is 3.28. The molecule has 82 valence electrons. The number of carboxylic acid groups (broad SMARTS) is 1. The van der Waals surface area contributed by atoms with E-state index in [9.17, 15) is 9.90 Å². The van der Waals surface area contributed by atoms with Crippen LogP contribution in [0.25, 0.3) is 0 Å². The van der Waals surface area contributed by atoms with Gasteiger partial charge in [0.2, 0.25) is 0 Å². The molecule has 3 heteroatoms. The van der Waals surface area contributed by atoms with Crippen molar-refractivity contribution in [3.8, 4) is 0 Å². The fourth-order valence-electron chi connectivity index (χ4n) is 2.56. The van der Waals surface area contributed by atoms with Crippen LogP contribution in [0.4, 0.5) is 0 Å². The van der Waals surface area contributed by atoms with Crippen LogP contribution in [0.1, 0.15) is 37.5 Å². The van der Waals surface area contributed by atoms with Gasteiger partial charge in [0, 0.05) is 4.88 Å². The maximum atomic E-state index is 11.5. The Balaban J connectivity index is 2.35. The van der Waals surface area contributed by atoms with Gasteiger partial charge in [-0.2, -0.15) is 0 Å². The van der Waals surface area contributed by atoms with Gasteiger partial charge in [-0.25, -0.2) is 0 Å². The van der Waals surface area contributed by atoms with Gasteiger partial charge in [0.15, 0.2) is 0 Å². The Morgan fingerprint density at radius 3 is 2.67 bits per heavy atom. The molecule has 0 radical (unpaired) electrons. The summed E-state index contributed by atoms with van der Waals surface area (Å²) in [5.74, 6) is -0.356. The van der Waals surface area contributed by atoms with Crippen LogP contribution in [-0.4, -0.2) is 11.1 Å². The van der Waals surface area contributed by atoms with Gasteiger partial charge in [-0.15, -0.1) is 11.3 Å². The lowest BCUT2D eigenvalue weighted by molar-refractivity contribution is -0.145. The minimum atomic E-state index is -0.670. The fraction of sp³-hybridized carbons (Fsp3) is 0.583. The molecule has 0 aliphatic heterocycles. The summed E-state index contributed by atoms with van der Waals surface area (Å²) in [5, 5.41) is 11.4. The van der Waals surface area contributed by atoms with Gasteiger partial charge in [0.05, 0.1) is 0 Å². The molecule has 15 heavy (non-hydrogen) atoms. The Morgan fingerprint density at radius 2 is 2.20 bits per heavy atom. The van der Waals surface area contributed by atoms with E-state index in [1.807, 2.05) is 24.4 Å². The molecule has 1 N–H and O–H groups in total. The summed E-state index contributed by atoms with van der Waals surface area (Å²) in [6.45, 7) is 1.89. The molecule has 2 rings (SSSR count). The van der Waals surface area contributed by atoms with E-state index in [0.29, 0.717) is 5.92 Å². The Labute approximate surface area is 93.9 Å². The summed E-state index contributed by atoms with van der Waals surface area (Å²) in [4.78, 5) is 12.5. The molecule has 0 aromatic carbocycles. The average molecular weight is 224 g/mol. The van der Waals surface area contributed by atoms with Crippen molar-refractivity contribution in [2.45, 2.75) is 38.0 Å². The predicted molar refractivity (Wildman–Crippen MR) is 61.3 cm³/mol. The quantitative estimate of drug-likeness (QED) is 0.855. The number of hydrogen-bond donors (Lipinski definition) is 1. The van der Waals surface area contributed by atoms with E-state index >= 15 is 0 Å². The average Bonchev–Trinajstić information content (AvgIpc) is 2.89. The molecule has 1 saturated carbocycles. The van der Waals surface area contributed by atoms with Gasteiger partial charge in [-0.05, 0) is 37.1 Å². The van der Waals surface area contributed by atoms with Crippen molar-refractivity contribution in [1.82, 2.24) is 0 Å². The molecule has 1 atom stereocenters. The molecule has 0 spiro atoms. The van der Waals surface area contributed by atoms with Crippen LogP contribution >= 0.6 is 11.3 Å². The molecule has 0 bridgehead atoms. The third kappa shape index (κ3) is 1.69. The second-order valence-corrected chi connectivity index (χ2v) is 5.41. The molecule has 1 heterocycles. The topological polar surface area (TPSA) is 37.3 Å². The Morgan fingerprint density at radius 1 is 1.53 bits per heavy atom. The van der Waals surface area contributed by atoms with E-state index in [1.165, 1.54) is 12.8 Å². The third-order valence-corrected chi connectivity index (χ3v) is 4.76. The minimum absolute atomic E-state index is 0.314. The summed E-state index contributed by atoms with van der Waals surface area (Å²) in [7, 11) is 0. The van der Waals surface area contributed by atoms with Crippen molar-refractivity contribution in [3.63, 3.8) is 0 Å². The molecule has 0 unspecified atom stereocenters. The van der Waals surface area contributed by atoms with Crippen molar-refractivity contribution >= 4 is 17.3 Å². The first-order chi connectivity index (χ1) is 7.15. The number of thiophene rings is 1. The molecule has 2 nitrogen and oxygen atoms in total. The van der Waals surface area contributed by atoms with Gasteiger partial charge < -0.3 is 5.11 Å². The zero-order valence-electron chi connectivity index (χ0n) is 8.90. The molecule has 0 saturated heterocycles. The molecule has 1 aromatic rings. The van der Waals surface area contributed by atoms with Crippen molar-refractivity contribution in [2.75, 3.05) is 0 Å². The van der Waals surface area contributed by atoms with Gasteiger partial charge in [0.1, 0.15) is 5.41 Å². The molecule has 0 amide bonds. The zero-order valence-corrected chi connectivity index (χ0v) is 9.72. The van der Waals surface area contributed by atoms with Gasteiger partial charge in [0.25, 0.3) is 0 Å². The van der Waals surface area contributed by atoms with Crippen LogP contribution < -0.4 is 0 Å². The van der Waals surface area contributed by atoms with Crippen LogP contribution in [0, 0.1) is 5.92 Å². The first-order valence-electron chi connectivity index (χ1n) is 5.43. The summed E-state index contributed by atoms with van der Waals surface area (Å²) in [6, 6.07) is 3.90. The highest BCUT2D eigenvalue weighted by atomic mass is 32.1. The van der Waals surface area contributed by atoms with Gasteiger partial charge in [-0.1, -0.05) is 18.9 Å². The van der Waals surface area contributed by atoms with Crippen molar-refractivity contribution in [3.05, 3.63) is 22.4 Å². The molecule has 1 aromatic heterocycles. The second-order valence-electron chi connectivity index (χ2n) is 4.47. The smallest absolute Gasteiger partial charge is 0.314 e. The van der Waals surface area contributed by atoms with Crippen molar-refractivity contribution in [1.29, 1.82) is 0 Å². The molecular formula is C12H16O2S. The fourth-order valence-corrected chi connectivity index (χ4v) is 3.52. The molecular weight excluding hydrogens is 208 g/mol. The van der Waals surface area contributed by atoms with Crippen LogP contribution in [-0.2, 0) is 10.2 Å². The lowest BCUT2D eigenvalue weighted by Gasteiger charge is -2.30. The van der Waals surface area contributed by atoms with Gasteiger partial charge >= 0.3 is 5.97 Å². The normalized spacial score (nSPS) is 21.4. The van der Waals surface area contributed by atoms with Gasteiger partial charge in [-0.3, -0.25) is 4.79 Å². The molecule has 1 aliphatic carbocycles. The number of hydrogen-bond acceptors (Lipinski definition) is 2. The second kappa shape index (κ2) is 3.97. The molecule has 1 fully saturated rings. The van der Waals surface area contributed by atoms with Crippen LogP contribution in [0.3, 0.4) is 0 Å². The monoisotopic (exact) mass is 224 g/mol. The summed E-state index contributed by atoms with van der Waals surface area (Å²) >= 11 is 1.56. The van der Waals surface area contributed by atoms with E-state index in [1.54, 1.807) is 11.3 Å². The van der Waals surface area contributed by atoms with Crippen LogP contribution in [0.5, 0.6) is 0 Å². The van der Waals surface area contributed by atoms with Crippen molar-refractivity contribution < 1.29 is 9.90 Å². The van der Waals surface area contributed by atoms with E-state index in [-0.39, 0.29) is 0 Å². The first-order valence-corrected chi connectivity index (χ1v) is 6.31. The Bertz CT molecular complexity index is 339. The largest absolute Gasteiger partial charge is 0.481 e. The zero-order chi connectivity index (χ0) is 10.9. The highest BCUT2D eigenvalue weighted by Gasteiger charge is 2.44. The summed E-state index contributed by atoms with van der Waals surface area (Å²) < 4.78 is 0. The van der Waals surface area contributed by atoms with E-state index in [4.69, 9.17) is 0 Å². The standard InChI is InChI=1S/C12H16O2S/c1-12(11(13)14,9-5-2-3-6-9)10-7-4-8-15-10/h4,7-9H,2-3,5-6H2,1H3,(H,13,14)/t12-/m1/s1. The lowest BCUT2D eigenvalue weighted by Crippen LogP contribution is -2.38. The number of carboxylic acids is 1. The Hall–Kier alpha value is -0.830. The van der Waals surface area contributed by atoms with E-state index in [2.05, 4.69) is 0 Å². The highest BCUT2D eigenvalue weighted by Crippen LogP contribution is 2.43. The maximum absolute atomic E-state index is 11.5.